The van der Waals surface area contributed by atoms with E-state index in [1.165, 1.54) is 6.07 Å². The van der Waals surface area contributed by atoms with Crippen LogP contribution in [0.25, 0.3) is 0 Å². The largest absolute Gasteiger partial charge is 0.492 e. The summed E-state index contributed by atoms with van der Waals surface area (Å²) in [5.74, 6) is -5.09. The molecule has 0 radical (unpaired) electrons. The number of halogens is 4. The molecule has 0 aliphatic heterocycles. The lowest BCUT2D eigenvalue weighted by atomic mass is 10.0. The van der Waals surface area contributed by atoms with Crippen LogP contribution >= 0.6 is 11.6 Å². The molecule has 7 heteroatoms. The Morgan fingerprint density at radius 3 is 2.44 bits per heavy atom. The van der Waals surface area contributed by atoms with Gasteiger partial charge in [0.2, 0.25) is 0 Å². The van der Waals surface area contributed by atoms with Crippen molar-refractivity contribution in [3.05, 3.63) is 28.5 Å². The number of esters is 1. The van der Waals surface area contributed by atoms with Gasteiger partial charge in [-0.15, -0.1) is 0 Å². The fourth-order valence-electron chi connectivity index (χ4n) is 3.39. The molecule has 1 aromatic rings. The normalized spacial score (nSPS) is 26.9. The van der Waals surface area contributed by atoms with Crippen LogP contribution in [0.2, 0.25) is 5.02 Å². The van der Waals surface area contributed by atoms with Crippen molar-refractivity contribution in [2.24, 2.45) is 17.8 Å². The van der Waals surface area contributed by atoms with E-state index in [0.717, 1.165) is 6.07 Å². The van der Waals surface area contributed by atoms with Gasteiger partial charge in [-0.05, 0) is 45.6 Å². The molecule has 2 unspecified atom stereocenters. The molecule has 0 amide bonds. The van der Waals surface area contributed by atoms with Gasteiger partial charge in [0, 0.05) is 17.9 Å². The van der Waals surface area contributed by atoms with E-state index < -0.39 is 35.1 Å². The van der Waals surface area contributed by atoms with Gasteiger partial charge in [0.15, 0.2) is 0 Å². The lowest BCUT2D eigenvalue weighted by molar-refractivity contribution is 0.00646. The molecule has 0 heterocycles. The van der Waals surface area contributed by atoms with Crippen LogP contribution in [0.5, 0.6) is 5.75 Å². The van der Waals surface area contributed by atoms with Crippen molar-refractivity contribution in [1.29, 1.82) is 0 Å². The highest BCUT2D eigenvalue weighted by Gasteiger charge is 2.71. The minimum absolute atomic E-state index is 0.0132. The van der Waals surface area contributed by atoms with E-state index >= 15 is 0 Å². The van der Waals surface area contributed by atoms with E-state index in [1.807, 2.05) is 0 Å². The summed E-state index contributed by atoms with van der Waals surface area (Å²) in [5.41, 5.74) is -1.02. The van der Waals surface area contributed by atoms with E-state index in [9.17, 15) is 18.0 Å². The van der Waals surface area contributed by atoms with E-state index in [4.69, 9.17) is 21.1 Å². The van der Waals surface area contributed by atoms with Crippen LogP contribution in [-0.4, -0.2) is 24.1 Å². The molecule has 2 fully saturated rings. The summed E-state index contributed by atoms with van der Waals surface area (Å²) in [6, 6.07) is 2.20. The molecule has 3 rings (SSSR count). The predicted octanol–water partition coefficient (Wildman–Crippen LogP) is 5.10. The third kappa shape index (κ3) is 3.73. The first kappa shape index (κ1) is 18.4. The van der Waals surface area contributed by atoms with Crippen LogP contribution in [0, 0.1) is 23.6 Å². The van der Waals surface area contributed by atoms with Gasteiger partial charge in [0.05, 0.1) is 17.2 Å². The molecule has 1 aromatic carbocycles. The van der Waals surface area contributed by atoms with Crippen molar-refractivity contribution in [1.82, 2.24) is 0 Å². The predicted molar refractivity (Wildman–Crippen MR) is 86.7 cm³/mol. The van der Waals surface area contributed by atoms with Gasteiger partial charge >= 0.3 is 5.97 Å². The number of hydrogen-bond donors (Lipinski definition) is 0. The minimum Gasteiger partial charge on any atom is -0.492 e. The first-order chi connectivity index (χ1) is 11.5. The summed E-state index contributed by atoms with van der Waals surface area (Å²) in [6.07, 6.45) is 0.821. The van der Waals surface area contributed by atoms with Crippen molar-refractivity contribution in [3.8, 4) is 5.75 Å². The summed E-state index contributed by atoms with van der Waals surface area (Å²) in [4.78, 5) is 12.0. The second-order valence-electron chi connectivity index (χ2n) is 7.80. The molecule has 3 nitrogen and oxygen atoms in total. The van der Waals surface area contributed by atoms with Crippen LogP contribution in [0.3, 0.4) is 0 Å². The zero-order valence-electron chi connectivity index (χ0n) is 14.2. The van der Waals surface area contributed by atoms with Gasteiger partial charge in [-0.25, -0.2) is 18.0 Å². The fourth-order valence-corrected chi connectivity index (χ4v) is 3.61. The SMILES string of the molecule is CC(C)(C)OC(=O)c1cc(Cl)c(OCC2CC3C(C2)C3(F)F)cc1F. The highest BCUT2D eigenvalue weighted by Crippen LogP contribution is 2.65. The number of benzene rings is 1. The van der Waals surface area contributed by atoms with Gasteiger partial charge in [0.25, 0.3) is 5.92 Å². The minimum atomic E-state index is -2.52. The Morgan fingerprint density at radius 1 is 1.28 bits per heavy atom. The van der Waals surface area contributed by atoms with E-state index in [2.05, 4.69) is 0 Å². The third-order valence-corrected chi connectivity index (χ3v) is 4.95. The maximum atomic E-state index is 14.2. The fraction of sp³-hybridized carbons (Fsp3) is 0.611. The van der Waals surface area contributed by atoms with Crippen LogP contribution in [0.15, 0.2) is 12.1 Å². The molecule has 25 heavy (non-hydrogen) atoms. The summed E-state index contributed by atoms with van der Waals surface area (Å²) in [7, 11) is 0. The maximum absolute atomic E-state index is 14.2. The van der Waals surface area contributed by atoms with Gasteiger partial charge in [-0.3, -0.25) is 0 Å². The number of ether oxygens (including phenoxy) is 2. The molecule has 0 aromatic heterocycles. The van der Waals surface area contributed by atoms with E-state index in [0.29, 0.717) is 12.8 Å². The second-order valence-corrected chi connectivity index (χ2v) is 8.21. The Balaban J connectivity index is 1.62. The summed E-state index contributed by atoms with van der Waals surface area (Å²) in [6.45, 7) is 5.24. The zero-order valence-corrected chi connectivity index (χ0v) is 15.0. The Morgan fingerprint density at radius 2 is 1.88 bits per heavy atom. The average Bonchev–Trinajstić information content (AvgIpc) is 2.85. The van der Waals surface area contributed by atoms with Crippen molar-refractivity contribution in [2.45, 2.75) is 45.1 Å². The van der Waals surface area contributed by atoms with Crippen LogP contribution in [0.4, 0.5) is 13.2 Å². The number of carbonyl (C=O) groups excluding carboxylic acids is 1. The molecule has 2 aliphatic carbocycles. The highest BCUT2D eigenvalue weighted by molar-refractivity contribution is 6.32. The molecule has 0 bridgehead atoms. The number of fused-ring (bicyclic) bond motifs is 1. The number of rotatable bonds is 4. The molecule has 0 N–H and O–H groups in total. The lowest BCUT2D eigenvalue weighted by Gasteiger charge is -2.20. The first-order valence-corrected chi connectivity index (χ1v) is 8.60. The van der Waals surface area contributed by atoms with Crippen LogP contribution < -0.4 is 4.74 Å². The number of carbonyl (C=O) groups is 1. The molecule has 2 saturated carbocycles. The molecule has 138 valence electrons. The Hall–Kier alpha value is -1.43. The zero-order chi connectivity index (χ0) is 18.6. The molecular weight excluding hydrogens is 357 g/mol. The van der Waals surface area contributed by atoms with E-state index in [1.54, 1.807) is 20.8 Å². The topological polar surface area (TPSA) is 35.5 Å². The van der Waals surface area contributed by atoms with Gasteiger partial charge in [0.1, 0.15) is 17.2 Å². The van der Waals surface area contributed by atoms with Gasteiger partial charge in [-0.1, -0.05) is 11.6 Å². The molecule has 0 spiro atoms. The number of alkyl halides is 2. The summed E-state index contributed by atoms with van der Waals surface area (Å²) >= 11 is 6.07. The first-order valence-electron chi connectivity index (χ1n) is 8.22. The van der Waals surface area contributed by atoms with Gasteiger partial charge < -0.3 is 9.47 Å². The maximum Gasteiger partial charge on any atom is 0.341 e. The summed E-state index contributed by atoms with van der Waals surface area (Å²) in [5, 5.41) is 0.0794. The second kappa shape index (κ2) is 6.08. The monoisotopic (exact) mass is 376 g/mol. The summed E-state index contributed by atoms with van der Waals surface area (Å²) < 4.78 is 51.2. The molecular formula is C18H20ClF3O3. The van der Waals surface area contributed by atoms with Crippen LogP contribution in [-0.2, 0) is 4.74 Å². The molecule has 0 saturated heterocycles. The molecule has 2 aliphatic rings. The van der Waals surface area contributed by atoms with Gasteiger partial charge in [-0.2, -0.15) is 0 Å². The average molecular weight is 377 g/mol. The Bertz CT molecular complexity index is 686. The quantitative estimate of drug-likeness (QED) is 0.685. The molecule has 2 atom stereocenters. The van der Waals surface area contributed by atoms with Crippen molar-refractivity contribution < 1.29 is 27.4 Å². The van der Waals surface area contributed by atoms with Crippen molar-refractivity contribution in [3.63, 3.8) is 0 Å². The highest BCUT2D eigenvalue weighted by atomic mass is 35.5. The van der Waals surface area contributed by atoms with E-state index in [-0.39, 0.29) is 28.9 Å². The van der Waals surface area contributed by atoms with Crippen molar-refractivity contribution in [2.75, 3.05) is 6.61 Å². The van der Waals surface area contributed by atoms with Crippen LogP contribution in [0.1, 0.15) is 44.0 Å². The lowest BCUT2D eigenvalue weighted by Crippen LogP contribution is -2.24. The Kier molecular flexibility index (Phi) is 4.46. The third-order valence-electron chi connectivity index (χ3n) is 4.65. The smallest absolute Gasteiger partial charge is 0.341 e. The van der Waals surface area contributed by atoms with Crippen molar-refractivity contribution >= 4 is 17.6 Å². The number of hydrogen-bond acceptors (Lipinski definition) is 3. The standard InChI is InChI=1S/C18H20ClF3O3/c1-17(2,3)25-16(23)10-6-13(19)15(7-14(10)20)24-8-9-4-11-12(5-9)18(11,21)22/h6-7,9,11-12H,4-5,8H2,1-3H3. The Labute approximate surface area is 149 Å².